The molecule has 2 N–H and O–H groups in total. The van der Waals surface area contributed by atoms with Crippen LogP contribution in [0.25, 0.3) is 0 Å². The van der Waals surface area contributed by atoms with Gasteiger partial charge in [0.2, 0.25) is 11.8 Å². The minimum atomic E-state index is -0.984. The number of nitrogens with one attached hydrogen (secondary N) is 2. The molecule has 1 aromatic rings. The van der Waals surface area contributed by atoms with Crippen molar-refractivity contribution in [2.45, 2.75) is 31.8 Å². The molecule has 1 aliphatic heterocycles. The summed E-state index contributed by atoms with van der Waals surface area (Å²) in [6, 6.07) is 2.20. The Morgan fingerprint density at radius 1 is 1.43 bits per heavy atom. The summed E-state index contributed by atoms with van der Waals surface area (Å²) in [5, 5.41) is 5.25. The molecule has 1 saturated heterocycles. The van der Waals surface area contributed by atoms with Crippen LogP contribution in [0.4, 0.5) is 8.78 Å². The molecule has 0 bridgehead atoms. The summed E-state index contributed by atoms with van der Waals surface area (Å²) in [5.41, 5.74) is 0.984. The molecule has 6 heteroatoms. The molecule has 2 atom stereocenters. The van der Waals surface area contributed by atoms with Crippen molar-refractivity contribution in [3.05, 3.63) is 47.5 Å². The van der Waals surface area contributed by atoms with E-state index >= 15 is 0 Å². The normalized spacial score (nSPS) is 19.0. The maximum Gasteiger partial charge on any atom is 0.243 e. The van der Waals surface area contributed by atoms with Crippen LogP contribution < -0.4 is 10.6 Å². The van der Waals surface area contributed by atoms with E-state index in [2.05, 4.69) is 17.2 Å². The Hall–Kier alpha value is -2.24. The van der Waals surface area contributed by atoms with Gasteiger partial charge in [0, 0.05) is 6.42 Å². The second-order valence-electron chi connectivity index (χ2n) is 5.12. The van der Waals surface area contributed by atoms with Crippen LogP contribution >= 0.6 is 0 Å². The maximum atomic E-state index is 13.3. The summed E-state index contributed by atoms with van der Waals surface area (Å²) < 4.78 is 26.3. The van der Waals surface area contributed by atoms with E-state index in [0.29, 0.717) is 24.0 Å². The fourth-order valence-corrected chi connectivity index (χ4v) is 2.24. The number of hydrogen-bond donors (Lipinski definition) is 2. The minimum absolute atomic E-state index is 0.171. The van der Waals surface area contributed by atoms with Crippen LogP contribution in [0.2, 0.25) is 0 Å². The average Bonchev–Trinajstić information content (AvgIpc) is 2.85. The molecule has 0 radical (unpaired) electrons. The average molecular weight is 294 g/mol. The Morgan fingerprint density at radius 2 is 2.14 bits per heavy atom. The number of hydrogen-bond acceptors (Lipinski definition) is 2. The molecule has 0 aromatic heterocycles. The third-order valence-electron chi connectivity index (χ3n) is 3.37. The van der Waals surface area contributed by atoms with Gasteiger partial charge in [-0.3, -0.25) is 9.59 Å². The number of benzene rings is 1. The van der Waals surface area contributed by atoms with Crippen molar-refractivity contribution >= 4 is 11.8 Å². The van der Waals surface area contributed by atoms with Crippen LogP contribution in [0.1, 0.15) is 31.4 Å². The molecule has 1 aliphatic rings. The highest BCUT2D eigenvalue weighted by Crippen LogP contribution is 2.22. The van der Waals surface area contributed by atoms with Gasteiger partial charge >= 0.3 is 0 Å². The van der Waals surface area contributed by atoms with Crippen LogP contribution in [-0.4, -0.2) is 17.9 Å². The summed E-state index contributed by atoms with van der Waals surface area (Å²) in [6.07, 6.45) is 0.729. The molecular formula is C15H16F2N2O2. The lowest BCUT2D eigenvalue weighted by molar-refractivity contribution is -0.126. The molecular weight excluding hydrogens is 278 g/mol. The van der Waals surface area contributed by atoms with E-state index in [1.807, 2.05) is 0 Å². The van der Waals surface area contributed by atoms with Gasteiger partial charge in [0.25, 0.3) is 0 Å². The first-order valence-corrected chi connectivity index (χ1v) is 6.58. The zero-order chi connectivity index (χ0) is 15.6. The SMILES string of the molecule is C=C(C)[C@H](NC(=O)[C@H]1CCC(=O)N1)c1ccc(F)c(F)c1. The van der Waals surface area contributed by atoms with Gasteiger partial charge in [-0.25, -0.2) is 8.78 Å². The summed E-state index contributed by atoms with van der Waals surface area (Å²) in [7, 11) is 0. The van der Waals surface area contributed by atoms with E-state index in [1.165, 1.54) is 6.07 Å². The first-order chi connectivity index (χ1) is 9.88. The predicted molar refractivity (Wildman–Crippen MR) is 73.2 cm³/mol. The van der Waals surface area contributed by atoms with Crippen LogP contribution in [0.15, 0.2) is 30.4 Å². The van der Waals surface area contributed by atoms with Gasteiger partial charge in [-0.2, -0.15) is 0 Å². The Labute approximate surface area is 121 Å². The molecule has 0 saturated carbocycles. The van der Waals surface area contributed by atoms with Crippen LogP contribution in [0.3, 0.4) is 0 Å². The molecule has 2 amide bonds. The van der Waals surface area contributed by atoms with Crippen molar-refractivity contribution < 1.29 is 18.4 Å². The number of rotatable bonds is 4. The van der Waals surface area contributed by atoms with Gasteiger partial charge in [-0.05, 0) is 31.0 Å². The zero-order valence-electron chi connectivity index (χ0n) is 11.6. The predicted octanol–water partition coefficient (Wildman–Crippen LogP) is 1.98. The summed E-state index contributed by atoms with van der Waals surface area (Å²) in [6.45, 7) is 5.44. The van der Waals surface area contributed by atoms with Gasteiger partial charge in [0.15, 0.2) is 11.6 Å². The molecule has 1 heterocycles. The monoisotopic (exact) mass is 294 g/mol. The smallest absolute Gasteiger partial charge is 0.243 e. The summed E-state index contributed by atoms with van der Waals surface area (Å²) in [5.74, 6) is -2.47. The molecule has 112 valence electrons. The Morgan fingerprint density at radius 3 is 2.67 bits per heavy atom. The highest BCUT2D eigenvalue weighted by atomic mass is 19.2. The third-order valence-corrected chi connectivity index (χ3v) is 3.37. The largest absolute Gasteiger partial charge is 0.344 e. The van der Waals surface area contributed by atoms with E-state index in [4.69, 9.17) is 0 Å². The van der Waals surface area contributed by atoms with Crippen molar-refractivity contribution in [3.8, 4) is 0 Å². The van der Waals surface area contributed by atoms with Gasteiger partial charge in [-0.15, -0.1) is 0 Å². The third kappa shape index (κ3) is 3.45. The fraction of sp³-hybridized carbons (Fsp3) is 0.333. The van der Waals surface area contributed by atoms with Gasteiger partial charge < -0.3 is 10.6 Å². The molecule has 0 unspecified atom stereocenters. The highest BCUT2D eigenvalue weighted by molar-refractivity contribution is 5.91. The summed E-state index contributed by atoms with van der Waals surface area (Å²) >= 11 is 0. The first-order valence-electron chi connectivity index (χ1n) is 6.58. The molecule has 4 nitrogen and oxygen atoms in total. The van der Waals surface area contributed by atoms with E-state index < -0.39 is 23.7 Å². The lowest BCUT2D eigenvalue weighted by atomic mass is 10.00. The maximum absolute atomic E-state index is 13.3. The number of carbonyl (C=O) groups excluding carboxylic acids is 2. The standard InChI is InChI=1S/C15H16F2N2O2/c1-8(2)14(9-3-4-10(16)11(17)7-9)19-15(21)12-5-6-13(20)18-12/h3-4,7,12,14H,1,5-6H2,2H3,(H,18,20)(H,19,21)/t12-,14+/m1/s1. The summed E-state index contributed by atoms with van der Waals surface area (Å²) in [4.78, 5) is 23.2. The van der Waals surface area contributed by atoms with E-state index in [1.54, 1.807) is 6.92 Å². The first kappa shape index (κ1) is 15.2. The molecule has 21 heavy (non-hydrogen) atoms. The molecule has 0 aliphatic carbocycles. The Kier molecular flexibility index (Phi) is 4.35. The lowest BCUT2D eigenvalue weighted by Gasteiger charge is -2.21. The molecule has 1 fully saturated rings. The number of amides is 2. The Balaban J connectivity index is 2.15. The quantitative estimate of drug-likeness (QED) is 0.834. The second-order valence-corrected chi connectivity index (χ2v) is 5.12. The lowest BCUT2D eigenvalue weighted by Crippen LogP contribution is -2.43. The van der Waals surface area contributed by atoms with Crippen molar-refractivity contribution in [2.24, 2.45) is 0 Å². The van der Waals surface area contributed by atoms with E-state index in [0.717, 1.165) is 12.1 Å². The van der Waals surface area contributed by atoms with Crippen molar-refractivity contribution in [1.82, 2.24) is 10.6 Å². The van der Waals surface area contributed by atoms with E-state index in [9.17, 15) is 18.4 Å². The molecule has 0 spiro atoms. The zero-order valence-corrected chi connectivity index (χ0v) is 11.6. The number of halogens is 2. The molecule has 1 aromatic carbocycles. The van der Waals surface area contributed by atoms with Gasteiger partial charge in [0.1, 0.15) is 6.04 Å². The van der Waals surface area contributed by atoms with Crippen molar-refractivity contribution in [2.75, 3.05) is 0 Å². The topological polar surface area (TPSA) is 58.2 Å². The second kappa shape index (κ2) is 6.03. The van der Waals surface area contributed by atoms with Gasteiger partial charge in [0.05, 0.1) is 6.04 Å². The number of carbonyl (C=O) groups is 2. The van der Waals surface area contributed by atoms with Gasteiger partial charge in [-0.1, -0.05) is 18.2 Å². The van der Waals surface area contributed by atoms with E-state index in [-0.39, 0.29) is 11.8 Å². The van der Waals surface area contributed by atoms with Crippen molar-refractivity contribution in [1.29, 1.82) is 0 Å². The fourth-order valence-electron chi connectivity index (χ4n) is 2.24. The van der Waals surface area contributed by atoms with Crippen LogP contribution in [0.5, 0.6) is 0 Å². The Bertz CT molecular complexity index is 601. The van der Waals surface area contributed by atoms with Crippen LogP contribution in [0, 0.1) is 11.6 Å². The highest BCUT2D eigenvalue weighted by Gasteiger charge is 2.29. The van der Waals surface area contributed by atoms with Crippen molar-refractivity contribution in [3.63, 3.8) is 0 Å². The van der Waals surface area contributed by atoms with Crippen LogP contribution in [-0.2, 0) is 9.59 Å². The minimum Gasteiger partial charge on any atom is -0.344 e. The molecule has 2 rings (SSSR count).